The first kappa shape index (κ1) is 10.5. The molecule has 1 aliphatic heterocycles. The van der Waals surface area contributed by atoms with Crippen LogP contribution in [-0.4, -0.2) is 36.4 Å². The first-order valence-corrected chi connectivity index (χ1v) is 4.80. The van der Waals surface area contributed by atoms with E-state index in [0.717, 1.165) is 19.3 Å². The van der Waals surface area contributed by atoms with Gasteiger partial charge in [-0.15, -0.1) is 0 Å². The van der Waals surface area contributed by atoms with Crippen molar-refractivity contribution in [3.05, 3.63) is 0 Å². The molecule has 4 nitrogen and oxygen atoms in total. The van der Waals surface area contributed by atoms with Crippen molar-refractivity contribution in [3.8, 4) is 0 Å². The van der Waals surface area contributed by atoms with Crippen LogP contribution in [0.2, 0.25) is 0 Å². The number of nitrogens with one attached hydrogen (secondary N) is 1. The summed E-state index contributed by atoms with van der Waals surface area (Å²) in [5.41, 5.74) is 0. The van der Waals surface area contributed by atoms with Gasteiger partial charge in [0.05, 0.1) is 12.6 Å². The average Bonchev–Trinajstić information content (AvgIpc) is 2.66. The van der Waals surface area contributed by atoms with Crippen LogP contribution in [0.4, 0.5) is 0 Å². The van der Waals surface area contributed by atoms with Gasteiger partial charge >= 0.3 is 0 Å². The van der Waals surface area contributed by atoms with Gasteiger partial charge in [0.2, 0.25) is 5.91 Å². The lowest BCUT2D eigenvalue weighted by Crippen LogP contribution is -2.42. The van der Waals surface area contributed by atoms with E-state index in [1.54, 1.807) is 0 Å². The minimum absolute atomic E-state index is 0.00500. The van der Waals surface area contributed by atoms with Crippen LogP contribution in [0.3, 0.4) is 0 Å². The number of amides is 1. The van der Waals surface area contributed by atoms with E-state index < -0.39 is 0 Å². The van der Waals surface area contributed by atoms with Crippen molar-refractivity contribution in [2.24, 2.45) is 0 Å². The zero-order valence-corrected chi connectivity index (χ0v) is 7.95. The van der Waals surface area contributed by atoms with Gasteiger partial charge < -0.3 is 15.2 Å². The molecule has 76 valence electrons. The molecule has 0 saturated carbocycles. The van der Waals surface area contributed by atoms with E-state index in [1.807, 2.05) is 6.92 Å². The average molecular weight is 187 g/mol. The van der Waals surface area contributed by atoms with Gasteiger partial charge in [-0.05, 0) is 19.3 Å². The predicted molar refractivity (Wildman–Crippen MR) is 48.3 cm³/mol. The lowest BCUT2D eigenvalue weighted by atomic mass is 10.2. The molecule has 1 rings (SSSR count). The summed E-state index contributed by atoms with van der Waals surface area (Å²) < 4.78 is 5.21. The second-order valence-electron chi connectivity index (χ2n) is 3.30. The summed E-state index contributed by atoms with van der Waals surface area (Å²) >= 11 is 0. The van der Waals surface area contributed by atoms with E-state index in [9.17, 15) is 4.79 Å². The number of carbonyl (C=O) groups excluding carboxylic acids is 1. The van der Waals surface area contributed by atoms with E-state index in [4.69, 9.17) is 9.84 Å². The first-order chi connectivity index (χ1) is 6.27. The Kier molecular flexibility index (Phi) is 4.18. The van der Waals surface area contributed by atoms with Crippen molar-refractivity contribution in [1.82, 2.24) is 5.32 Å². The number of carbonyl (C=O) groups is 1. The molecule has 1 aliphatic rings. The van der Waals surface area contributed by atoms with Crippen LogP contribution >= 0.6 is 0 Å². The topological polar surface area (TPSA) is 58.6 Å². The van der Waals surface area contributed by atoms with Crippen molar-refractivity contribution < 1.29 is 14.6 Å². The largest absolute Gasteiger partial charge is 0.394 e. The third-order valence-corrected chi connectivity index (χ3v) is 2.28. The Hall–Kier alpha value is -0.610. The Bertz CT molecular complexity index is 162. The highest BCUT2D eigenvalue weighted by atomic mass is 16.5. The summed E-state index contributed by atoms with van der Waals surface area (Å²) in [5.74, 6) is -0.0848. The fourth-order valence-corrected chi connectivity index (χ4v) is 1.36. The SMILES string of the molecule is CC[C@H](CO)NC(=O)[C@@H]1CCCO1. The van der Waals surface area contributed by atoms with Crippen molar-refractivity contribution >= 4 is 5.91 Å². The first-order valence-electron chi connectivity index (χ1n) is 4.80. The zero-order valence-electron chi connectivity index (χ0n) is 7.95. The predicted octanol–water partition coefficient (Wildman–Crippen LogP) is 0.0525. The minimum Gasteiger partial charge on any atom is -0.394 e. The molecular weight excluding hydrogens is 170 g/mol. The molecular formula is C9H17NO3. The van der Waals surface area contributed by atoms with Crippen molar-refractivity contribution in [1.29, 1.82) is 0 Å². The molecule has 1 fully saturated rings. The maximum Gasteiger partial charge on any atom is 0.249 e. The Morgan fingerprint density at radius 2 is 2.54 bits per heavy atom. The standard InChI is InChI=1S/C9H17NO3/c1-2-7(6-11)10-9(12)8-4-3-5-13-8/h7-8,11H,2-6H2,1H3,(H,10,12)/t7-,8+/m1/s1. The molecule has 0 radical (unpaired) electrons. The molecule has 0 aromatic heterocycles. The van der Waals surface area contributed by atoms with Crippen LogP contribution in [0.5, 0.6) is 0 Å². The van der Waals surface area contributed by atoms with Crippen LogP contribution in [0, 0.1) is 0 Å². The van der Waals surface area contributed by atoms with Crippen LogP contribution < -0.4 is 5.32 Å². The zero-order chi connectivity index (χ0) is 9.68. The summed E-state index contributed by atoms with van der Waals surface area (Å²) in [6.07, 6.45) is 2.21. The summed E-state index contributed by atoms with van der Waals surface area (Å²) in [5, 5.41) is 11.6. The number of ether oxygens (including phenoxy) is 1. The highest BCUT2D eigenvalue weighted by Crippen LogP contribution is 2.12. The van der Waals surface area contributed by atoms with Gasteiger partial charge in [0.1, 0.15) is 6.10 Å². The van der Waals surface area contributed by atoms with Crippen LogP contribution in [-0.2, 0) is 9.53 Å². The third-order valence-electron chi connectivity index (χ3n) is 2.28. The van der Waals surface area contributed by atoms with Gasteiger partial charge in [0.15, 0.2) is 0 Å². The van der Waals surface area contributed by atoms with E-state index >= 15 is 0 Å². The Labute approximate surface area is 78.3 Å². The molecule has 0 aromatic carbocycles. The monoisotopic (exact) mass is 187 g/mol. The maximum absolute atomic E-state index is 11.4. The molecule has 1 heterocycles. The number of rotatable bonds is 4. The van der Waals surface area contributed by atoms with Gasteiger partial charge in [-0.2, -0.15) is 0 Å². The van der Waals surface area contributed by atoms with Crippen LogP contribution in [0.1, 0.15) is 26.2 Å². The minimum atomic E-state index is -0.291. The summed E-state index contributed by atoms with van der Waals surface area (Å²) in [7, 11) is 0. The molecule has 0 bridgehead atoms. The molecule has 0 aromatic rings. The Morgan fingerprint density at radius 1 is 1.77 bits per heavy atom. The fourth-order valence-electron chi connectivity index (χ4n) is 1.36. The van der Waals surface area contributed by atoms with Gasteiger partial charge in [-0.1, -0.05) is 6.92 Å². The molecule has 0 aliphatic carbocycles. The molecule has 2 atom stereocenters. The number of aliphatic hydroxyl groups is 1. The van der Waals surface area contributed by atoms with E-state index in [-0.39, 0.29) is 24.7 Å². The Morgan fingerprint density at radius 3 is 3.00 bits per heavy atom. The lowest BCUT2D eigenvalue weighted by molar-refractivity contribution is -0.131. The van der Waals surface area contributed by atoms with Crippen LogP contribution in [0.15, 0.2) is 0 Å². The normalized spacial score (nSPS) is 24.3. The van der Waals surface area contributed by atoms with Crippen molar-refractivity contribution in [3.63, 3.8) is 0 Å². The van der Waals surface area contributed by atoms with Gasteiger partial charge in [-0.25, -0.2) is 0 Å². The van der Waals surface area contributed by atoms with Gasteiger partial charge in [-0.3, -0.25) is 4.79 Å². The molecule has 1 saturated heterocycles. The fraction of sp³-hybridized carbons (Fsp3) is 0.889. The van der Waals surface area contributed by atoms with E-state index in [0.29, 0.717) is 6.61 Å². The highest BCUT2D eigenvalue weighted by Gasteiger charge is 2.24. The Balaban J connectivity index is 2.30. The highest BCUT2D eigenvalue weighted by molar-refractivity contribution is 5.81. The molecule has 2 N–H and O–H groups in total. The van der Waals surface area contributed by atoms with Crippen molar-refractivity contribution in [2.45, 2.75) is 38.3 Å². The maximum atomic E-state index is 11.4. The van der Waals surface area contributed by atoms with E-state index in [2.05, 4.69) is 5.32 Å². The number of aliphatic hydroxyl groups excluding tert-OH is 1. The molecule has 1 amide bonds. The summed E-state index contributed by atoms with van der Waals surface area (Å²) in [6.45, 7) is 2.60. The quantitative estimate of drug-likeness (QED) is 0.654. The van der Waals surface area contributed by atoms with Crippen LogP contribution in [0.25, 0.3) is 0 Å². The third kappa shape index (κ3) is 2.97. The smallest absolute Gasteiger partial charge is 0.249 e. The molecule has 13 heavy (non-hydrogen) atoms. The van der Waals surface area contributed by atoms with Crippen molar-refractivity contribution in [2.75, 3.05) is 13.2 Å². The second-order valence-corrected chi connectivity index (χ2v) is 3.30. The number of hydrogen-bond donors (Lipinski definition) is 2. The lowest BCUT2D eigenvalue weighted by Gasteiger charge is -2.16. The molecule has 4 heteroatoms. The van der Waals surface area contributed by atoms with Gasteiger partial charge in [0.25, 0.3) is 0 Å². The number of hydrogen-bond acceptors (Lipinski definition) is 3. The van der Waals surface area contributed by atoms with Gasteiger partial charge in [0, 0.05) is 6.61 Å². The molecule has 0 spiro atoms. The summed E-state index contributed by atoms with van der Waals surface area (Å²) in [6, 6.07) is -0.128. The summed E-state index contributed by atoms with van der Waals surface area (Å²) in [4.78, 5) is 11.4. The second kappa shape index (κ2) is 5.19. The molecule has 0 unspecified atom stereocenters. The van der Waals surface area contributed by atoms with E-state index in [1.165, 1.54) is 0 Å².